The molecule has 2 aliphatic carbocycles. The number of imidazole rings is 5. The quantitative estimate of drug-likeness (QED) is 0.144. The van der Waals surface area contributed by atoms with E-state index in [1.165, 1.54) is 208 Å². The number of nitrogens with zero attached hydrogens (tertiary/aromatic N) is 17. The van der Waals surface area contributed by atoms with Crippen LogP contribution in [0, 0.1) is 20.8 Å². The van der Waals surface area contributed by atoms with E-state index in [0.29, 0.717) is 0 Å². The molecule has 0 spiro atoms. The van der Waals surface area contributed by atoms with E-state index in [-0.39, 0.29) is 37.1 Å². The number of likely N-dealkylation sites (N-methyl/N-ethyl adjacent to an activating group) is 1. The Morgan fingerprint density at radius 2 is 1.14 bits per heavy atom. The SMILES string of the molecule is C.C.C.C.C.CC1=NCC2CCCN12.CC1=NCCC2CCCN12.CN1CCc2c(ncn2C)C1.Cc1cnc2n1CCC2.Cc1cnc2n1CCS2.Cc1ncc2n1CCC2.Cn1cnc2c1CCC2.Cn1ncc2c1CCC2. The predicted molar refractivity (Wildman–Crippen MR) is 336 cm³/mol. The standard InChI is InChI=1S/C8H13N3.C8H14N2.2C7H10N2.C7H12N2.2C7H10N2.C6H8N2S.5CH4/c1-10-4-3-8-7(5-10)9-6-11(8)2;1-7-9-5-4-8-3-2-6-10(7)8;1-9-5-8-6-3-2-4-7(6)9;1-9-7-4-2-3-6(7)5-8-9;2*1-6-8-5-7-3-2-4-9(6)7;1-6-5-8-7-3-2-4-9(6)7;1-5-4-7-6-8(5)2-3-9-6;;;;;/h6H,3-5H2,1-2H3;8H,2-6H2,1H3;2*5H,2-4H2,1H3;7H,2-5H2,1H3;2*5H,2-4H2,1H3;4H,2-3H2,1H3;5*1H4. The minimum atomic E-state index is 0. The molecule has 0 amide bonds. The molecule has 16 rings (SSSR count). The summed E-state index contributed by atoms with van der Waals surface area (Å²) in [5.41, 5.74) is 12.3. The molecule has 2 saturated heterocycles. The first kappa shape index (κ1) is 67.0. The molecule has 0 saturated carbocycles. The van der Waals surface area contributed by atoms with E-state index >= 15 is 0 Å². The van der Waals surface area contributed by atoms with Gasteiger partial charge in [0.25, 0.3) is 0 Å². The van der Waals surface area contributed by atoms with Gasteiger partial charge in [0.15, 0.2) is 5.16 Å². The second kappa shape index (κ2) is 31.6. The van der Waals surface area contributed by atoms with Crippen molar-refractivity contribution >= 4 is 23.4 Å². The average Bonchev–Trinajstić information content (AvgIpc) is 4.23. The van der Waals surface area contributed by atoms with Crippen molar-refractivity contribution in [1.29, 1.82) is 0 Å². The first-order valence-corrected chi connectivity index (χ1v) is 29.3. The molecule has 2 unspecified atom stereocenters. The van der Waals surface area contributed by atoms with Gasteiger partial charge in [0.1, 0.15) is 11.6 Å². The summed E-state index contributed by atoms with van der Waals surface area (Å²) in [5.74, 6) is 6.17. The third-order valence-electron chi connectivity index (χ3n) is 16.6. The molecule has 6 aromatic heterocycles. The van der Waals surface area contributed by atoms with Crippen molar-refractivity contribution < 1.29 is 0 Å². The molecular weight excluding hydrogens is 1010 g/mol. The van der Waals surface area contributed by atoms with Gasteiger partial charge in [-0.25, -0.2) is 24.9 Å². The van der Waals surface area contributed by atoms with Crippen molar-refractivity contribution in [2.24, 2.45) is 31.1 Å². The van der Waals surface area contributed by atoms with Gasteiger partial charge in [-0.05, 0) is 137 Å². The highest BCUT2D eigenvalue weighted by Gasteiger charge is 2.29. The molecule has 2 fully saturated rings. The van der Waals surface area contributed by atoms with E-state index < -0.39 is 0 Å². The first-order valence-electron chi connectivity index (χ1n) is 28.3. The molecule has 0 N–H and O–H groups in total. The number of hydrogen-bond donors (Lipinski definition) is 0. The number of aryl methyl sites for hydroxylation is 10. The van der Waals surface area contributed by atoms with Gasteiger partial charge in [0.2, 0.25) is 0 Å². The third kappa shape index (κ3) is 16.4. The van der Waals surface area contributed by atoms with Crippen molar-refractivity contribution in [2.75, 3.05) is 45.5 Å². The zero-order valence-corrected chi connectivity index (χ0v) is 47.8. The Balaban J connectivity index is 0.000000195. The first-order chi connectivity index (χ1) is 36.4. The summed E-state index contributed by atoms with van der Waals surface area (Å²) in [7, 11) is 8.29. The normalized spacial score (nSPS) is 19.3. The smallest absolute Gasteiger partial charge is 0.168 e. The molecule has 17 nitrogen and oxygen atoms in total. The molecule has 0 bridgehead atoms. The van der Waals surface area contributed by atoms with Crippen LogP contribution in [-0.4, -0.2) is 142 Å². The summed E-state index contributed by atoms with van der Waals surface area (Å²) in [6, 6.07) is 1.63. The Morgan fingerprint density at radius 1 is 0.500 bits per heavy atom. The van der Waals surface area contributed by atoms with Gasteiger partial charge in [-0.1, -0.05) is 48.9 Å². The van der Waals surface area contributed by atoms with E-state index in [2.05, 4.69) is 133 Å². The van der Waals surface area contributed by atoms with Crippen molar-refractivity contribution in [3.8, 4) is 0 Å². The van der Waals surface area contributed by atoms with Crippen molar-refractivity contribution in [2.45, 2.75) is 218 Å². The second-order valence-electron chi connectivity index (χ2n) is 21.8. The monoisotopic (exact) mass is 1120 g/mol. The van der Waals surface area contributed by atoms with Crippen LogP contribution in [0.15, 0.2) is 52.6 Å². The zero-order valence-electron chi connectivity index (χ0n) is 47.0. The van der Waals surface area contributed by atoms with E-state index in [9.17, 15) is 0 Å². The van der Waals surface area contributed by atoms with Crippen LogP contribution in [0.3, 0.4) is 0 Å². The van der Waals surface area contributed by atoms with Crippen LogP contribution in [0.1, 0.15) is 172 Å². The number of aromatic nitrogens is 12. The lowest BCUT2D eigenvalue weighted by Gasteiger charge is -2.29. The number of rotatable bonds is 0. The van der Waals surface area contributed by atoms with E-state index in [4.69, 9.17) is 0 Å². The Bertz CT molecular complexity index is 2560. The fourth-order valence-corrected chi connectivity index (χ4v) is 13.2. The maximum atomic E-state index is 4.42. The summed E-state index contributed by atoms with van der Waals surface area (Å²) in [6.45, 7) is 20.8. The van der Waals surface area contributed by atoms with Gasteiger partial charge < -0.3 is 37.5 Å². The molecular formula is C62H107N17S. The van der Waals surface area contributed by atoms with Crippen LogP contribution in [-0.2, 0) is 92.3 Å². The largest absolute Gasteiger partial charge is 0.358 e. The van der Waals surface area contributed by atoms with Gasteiger partial charge in [-0.2, -0.15) is 5.10 Å². The fourth-order valence-electron chi connectivity index (χ4n) is 12.2. The highest BCUT2D eigenvalue weighted by Crippen LogP contribution is 2.26. The van der Waals surface area contributed by atoms with Crippen molar-refractivity contribution in [3.05, 3.63) is 100 Å². The van der Waals surface area contributed by atoms with E-state index in [0.717, 1.165) is 51.2 Å². The Labute approximate surface area is 488 Å². The van der Waals surface area contributed by atoms with E-state index in [1.54, 1.807) is 0 Å². The molecule has 8 aliphatic heterocycles. The lowest BCUT2D eigenvalue weighted by molar-refractivity contribution is 0.305. The second-order valence-corrected chi connectivity index (χ2v) is 22.9. The highest BCUT2D eigenvalue weighted by atomic mass is 32.2. The minimum Gasteiger partial charge on any atom is -0.358 e. The van der Waals surface area contributed by atoms with Gasteiger partial charge in [-0.15, -0.1) is 0 Å². The molecule has 80 heavy (non-hydrogen) atoms. The minimum absolute atomic E-state index is 0. The Kier molecular flexibility index (Phi) is 26.5. The summed E-state index contributed by atoms with van der Waals surface area (Å²) in [6.07, 6.45) is 32.1. The molecule has 18 heteroatoms. The summed E-state index contributed by atoms with van der Waals surface area (Å²) < 4.78 is 13.1. The van der Waals surface area contributed by atoms with Crippen LogP contribution < -0.4 is 0 Å². The number of hydrogen-bond acceptors (Lipinski definition) is 12. The van der Waals surface area contributed by atoms with Crippen LogP contribution in [0.2, 0.25) is 0 Å². The topological polar surface area (TPSA) is 141 Å². The Morgan fingerprint density at radius 3 is 1.82 bits per heavy atom. The third-order valence-corrected chi connectivity index (χ3v) is 17.6. The summed E-state index contributed by atoms with van der Waals surface area (Å²) in [5, 5.41) is 5.34. The number of thioether (sulfide) groups is 1. The van der Waals surface area contributed by atoms with Crippen molar-refractivity contribution in [3.63, 3.8) is 0 Å². The van der Waals surface area contributed by atoms with Gasteiger partial charge in [0.05, 0.1) is 48.5 Å². The molecule has 446 valence electrons. The summed E-state index contributed by atoms with van der Waals surface area (Å²) >= 11 is 1.84. The van der Waals surface area contributed by atoms with Gasteiger partial charge in [0, 0.05) is 157 Å². The maximum Gasteiger partial charge on any atom is 0.168 e. The molecule has 2 atom stereocenters. The van der Waals surface area contributed by atoms with Gasteiger partial charge >= 0.3 is 0 Å². The zero-order chi connectivity index (χ0) is 52.4. The number of amidine groups is 2. The number of fused-ring (bicyclic) bond motifs is 8. The van der Waals surface area contributed by atoms with Gasteiger partial charge in [-0.3, -0.25) is 14.7 Å². The number of aliphatic imine (C=N–C) groups is 2. The lowest BCUT2D eigenvalue weighted by atomic mass is 10.1. The van der Waals surface area contributed by atoms with Crippen LogP contribution in [0.25, 0.3) is 0 Å². The molecule has 0 radical (unpaired) electrons. The highest BCUT2D eigenvalue weighted by molar-refractivity contribution is 7.99. The fraction of sp³-hybridized carbons (Fsp3) is 0.677. The molecule has 6 aromatic rings. The molecule has 0 aromatic carbocycles. The van der Waals surface area contributed by atoms with Crippen molar-refractivity contribution in [1.82, 2.24) is 72.2 Å². The van der Waals surface area contributed by atoms with Crippen LogP contribution >= 0.6 is 11.8 Å². The van der Waals surface area contributed by atoms with Crippen LogP contribution in [0.5, 0.6) is 0 Å². The molecule has 10 aliphatic rings. The average molecular weight is 1120 g/mol. The summed E-state index contributed by atoms with van der Waals surface area (Å²) in [4.78, 5) is 37.2. The Hall–Kier alpha value is -5.49. The molecule has 14 heterocycles. The maximum absolute atomic E-state index is 4.42. The predicted octanol–water partition coefficient (Wildman–Crippen LogP) is 11.1. The lowest BCUT2D eigenvalue weighted by Crippen LogP contribution is -2.37. The van der Waals surface area contributed by atoms with E-state index in [1.807, 2.05) is 60.9 Å². The van der Waals surface area contributed by atoms with Crippen LogP contribution in [0.4, 0.5) is 0 Å².